The molecule has 4 atom stereocenters. The fraction of sp³-hybridized carbons (Fsp3) is 0.650. The Morgan fingerprint density at radius 1 is 1.22 bits per heavy atom. The number of ether oxygens (including phenoxy) is 1. The molecular formula is C20H32NO2+. The zero-order valence-corrected chi connectivity index (χ0v) is 15.3. The van der Waals surface area contributed by atoms with E-state index in [1.165, 1.54) is 16.0 Å². The Bertz CT molecular complexity index is 525. The van der Waals surface area contributed by atoms with Crippen LogP contribution in [-0.2, 0) is 22.4 Å². The number of benzene rings is 1. The van der Waals surface area contributed by atoms with Gasteiger partial charge in [0.25, 0.3) is 0 Å². The Morgan fingerprint density at radius 2 is 1.83 bits per heavy atom. The van der Waals surface area contributed by atoms with Crippen LogP contribution in [0.15, 0.2) is 24.3 Å². The largest absolute Gasteiger partial charge is 0.458 e. The second-order valence-electron chi connectivity index (χ2n) is 7.30. The number of hydrogen-bond acceptors (Lipinski definition) is 2. The van der Waals surface area contributed by atoms with Crippen LogP contribution in [0.3, 0.4) is 0 Å². The molecule has 1 fully saturated rings. The maximum absolute atomic E-state index is 12.1. The van der Waals surface area contributed by atoms with Gasteiger partial charge in [0, 0.05) is 25.2 Å². The summed E-state index contributed by atoms with van der Waals surface area (Å²) >= 11 is 0. The van der Waals surface area contributed by atoms with E-state index in [1.807, 2.05) is 6.92 Å². The van der Waals surface area contributed by atoms with Gasteiger partial charge in [0.1, 0.15) is 5.60 Å². The number of carbonyl (C=O) groups is 1. The Hall–Kier alpha value is -1.35. The van der Waals surface area contributed by atoms with E-state index >= 15 is 0 Å². The number of piperidine rings is 1. The first-order valence-corrected chi connectivity index (χ1v) is 9.02. The molecule has 0 spiro atoms. The first-order valence-electron chi connectivity index (χ1n) is 9.02. The minimum Gasteiger partial charge on any atom is -0.458 e. The van der Waals surface area contributed by atoms with Crippen molar-refractivity contribution >= 4 is 5.97 Å². The minimum absolute atomic E-state index is 0.0752. The van der Waals surface area contributed by atoms with Gasteiger partial charge in [-0.05, 0) is 24.5 Å². The number of likely N-dealkylation sites (tertiary alicyclic amines) is 1. The van der Waals surface area contributed by atoms with E-state index < -0.39 is 0 Å². The topological polar surface area (TPSA) is 30.7 Å². The summed E-state index contributed by atoms with van der Waals surface area (Å²) in [4.78, 5) is 13.6. The minimum atomic E-state index is -0.361. The molecule has 3 heteroatoms. The summed E-state index contributed by atoms with van der Waals surface area (Å²) in [6.45, 7) is 9.59. The zero-order valence-electron chi connectivity index (χ0n) is 15.3. The number of quaternary nitrogens is 1. The summed E-state index contributed by atoms with van der Waals surface area (Å²) in [6, 6.07) is 9.29. The smallest absolute Gasteiger partial charge is 0.306 e. The molecular weight excluding hydrogens is 286 g/mol. The molecule has 128 valence electrons. The summed E-state index contributed by atoms with van der Waals surface area (Å²) in [7, 11) is 2.24. The summed E-state index contributed by atoms with van der Waals surface area (Å²) in [5.41, 5.74) is 2.26. The van der Waals surface area contributed by atoms with Crippen LogP contribution in [0.1, 0.15) is 51.7 Å². The van der Waals surface area contributed by atoms with E-state index in [0.29, 0.717) is 18.4 Å². The van der Waals surface area contributed by atoms with E-state index in [4.69, 9.17) is 4.74 Å². The molecule has 0 aromatic heterocycles. The van der Waals surface area contributed by atoms with Crippen LogP contribution >= 0.6 is 0 Å². The van der Waals surface area contributed by atoms with Crippen molar-refractivity contribution in [2.45, 2.75) is 65.0 Å². The molecule has 23 heavy (non-hydrogen) atoms. The first kappa shape index (κ1) is 18.0. The van der Waals surface area contributed by atoms with Crippen LogP contribution in [0.4, 0.5) is 0 Å². The average Bonchev–Trinajstić information content (AvgIpc) is 2.53. The molecule has 1 unspecified atom stereocenters. The van der Waals surface area contributed by atoms with E-state index in [2.05, 4.69) is 52.1 Å². The van der Waals surface area contributed by atoms with E-state index in [-0.39, 0.29) is 11.6 Å². The Morgan fingerprint density at radius 3 is 2.39 bits per heavy atom. The van der Waals surface area contributed by atoms with Crippen LogP contribution < -0.4 is 4.90 Å². The van der Waals surface area contributed by atoms with Gasteiger partial charge in [0.05, 0.1) is 19.6 Å². The van der Waals surface area contributed by atoms with Gasteiger partial charge in [-0.25, -0.2) is 0 Å². The van der Waals surface area contributed by atoms with Crippen LogP contribution in [-0.4, -0.2) is 31.2 Å². The molecule has 1 aliphatic rings. The number of carbonyl (C=O) groups excluding carboxylic acids is 1. The molecule has 1 saturated heterocycles. The van der Waals surface area contributed by atoms with Gasteiger partial charge in [-0.1, -0.05) is 45.0 Å². The fourth-order valence-corrected chi connectivity index (χ4v) is 3.73. The maximum atomic E-state index is 12.1. The number of rotatable bonds is 5. The van der Waals surface area contributed by atoms with Gasteiger partial charge in [-0.15, -0.1) is 0 Å². The second-order valence-corrected chi connectivity index (χ2v) is 7.30. The molecule has 1 aromatic rings. The SMILES string of the molecule is CCC(=O)O[C@@]1(Cc2ccc(CC)cc2)C[C@@H](C)[NH+](C)C[C@@H]1C. The summed E-state index contributed by atoms with van der Waals surface area (Å²) in [5.74, 6) is 0.286. The van der Waals surface area contributed by atoms with Crippen molar-refractivity contribution < 1.29 is 14.4 Å². The van der Waals surface area contributed by atoms with E-state index in [9.17, 15) is 4.79 Å². The number of nitrogens with one attached hydrogen (secondary N) is 1. The molecule has 2 rings (SSSR count). The lowest BCUT2D eigenvalue weighted by Crippen LogP contribution is -3.15. The van der Waals surface area contributed by atoms with Gasteiger partial charge in [-0.2, -0.15) is 0 Å². The van der Waals surface area contributed by atoms with Gasteiger partial charge in [-0.3, -0.25) is 4.79 Å². The Kier molecular flexibility index (Phi) is 5.85. The van der Waals surface area contributed by atoms with Crippen molar-refractivity contribution in [3.63, 3.8) is 0 Å². The highest BCUT2D eigenvalue weighted by Crippen LogP contribution is 2.33. The maximum Gasteiger partial charge on any atom is 0.306 e. The van der Waals surface area contributed by atoms with Crippen LogP contribution in [0.5, 0.6) is 0 Å². The molecule has 0 amide bonds. The predicted molar refractivity (Wildman–Crippen MR) is 93.6 cm³/mol. The van der Waals surface area contributed by atoms with Gasteiger partial charge in [0.2, 0.25) is 0 Å². The van der Waals surface area contributed by atoms with Gasteiger partial charge < -0.3 is 9.64 Å². The van der Waals surface area contributed by atoms with Crippen molar-refractivity contribution in [3.8, 4) is 0 Å². The molecule has 0 saturated carbocycles. The number of hydrogen-bond donors (Lipinski definition) is 1. The van der Waals surface area contributed by atoms with Crippen molar-refractivity contribution in [1.29, 1.82) is 0 Å². The molecule has 1 N–H and O–H groups in total. The second kappa shape index (κ2) is 7.48. The lowest BCUT2D eigenvalue weighted by molar-refractivity contribution is -0.915. The quantitative estimate of drug-likeness (QED) is 0.845. The third-order valence-corrected chi connectivity index (χ3v) is 5.56. The lowest BCUT2D eigenvalue weighted by Gasteiger charge is -2.46. The monoisotopic (exact) mass is 318 g/mol. The van der Waals surface area contributed by atoms with Crippen LogP contribution in [0, 0.1) is 5.92 Å². The fourth-order valence-electron chi connectivity index (χ4n) is 3.73. The van der Waals surface area contributed by atoms with E-state index in [0.717, 1.165) is 25.8 Å². The first-order chi connectivity index (χ1) is 10.9. The average molecular weight is 318 g/mol. The number of esters is 1. The normalized spacial score (nSPS) is 30.9. The highest BCUT2D eigenvalue weighted by Gasteiger charge is 2.48. The molecule has 0 aliphatic carbocycles. The number of aryl methyl sites for hydroxylation is 1. The zero-order chi connectivity index (χ0) is 17.0. The Labute approximate surface area is 141 Å². The predicted octanol–water partition coefficient (Wildman–Crippen LogP) is 2.43. The highest BCUT2D eigenvalue weighted by molar-refractivity contribution is 5.69. The lowest BCUT2D eigenvalue weighted by atomic mass is 9.75. The van der Waals surface area contributed by atoms with Gasteiger partial charge in [0.15, 0.2) is 0 Å². The summed E-state index contributed by atoms with van der Waals surface area (Å²) in [6.07, 6.45) is 3.25. The molecule has 0 radical (unpaired) electrons. The Balaban J connectivity index is 2.27. The van der Waals surface area contributed by atoms with Crippen molar-refractivity contribution in [1.82, 2.24) is 0 Å². The molecule has 0 bridgehead atoms. The standard InChI is InChI=1S/C20H31NO2/c1-6-17-8-10-18(11-9-17)13-20(23-19(22)7-2)12-16(4)21(5)14-15(20)3/h8-11,15-16H,6-7,12-14H2,1-5H3/p+1/t15-,16+,20+/m0/s1. The molecule has 1 heterocycles. The molecule has 1 aliphatic heterocycles. The van der Waals surface area contributed by atoms with Crippen molar-refractivity contribution in [2.75, 3.05) is 13.6 Å². The van der Waals surface area contributed by atoms with Crippen molar-refractivity contribution in [3.05, 3.63) is 35.4 Å². The third kappa shape index (κ3) is 4.14. The molecule has 1 aromatic carbocycles. The van der Waals surface area contributed by atoms with Gasteiger partial charge >= 0.3 is 5.97 Å². The molecule has 3 nitrogen and oxygen atoms in total. The summed E-state index contributed by atoms with van der Waals surface area (Å²) in [5, 5.41) is 0. The third-order valence-electron chi connectivity index (χ3n) is 5.56. The highest BCUT2D eigenvalue weighted by atomic mass is 16.6. The van der Waals surface area contributed by atoms with Crippen LogP contribution in [0.25, 0.3) is 0 Å². The van der Waals surface area contributed by atoms with Crippen molar-refractivity contribution in [2.24, 2.45) is 5.92 Å². The summed E-state index contributed by atoms with van der Waals surface area (Å²) < 4.78 is 6.07. The van der Waals surface area contributed by atoms with E-state index in [1.54, 1.807) is 0 Å². The van der Waals surface area contributed by atoms with Crippen LogP contribution in [0.2, 0.25) is 0 Å².